The maximum Gasteiger partial charge on any atom is 0.387 e. The van der Waals surface area contributed by atoms with E-state index in [1.807, 2.05) is 0 Å². The predicted octanol–water partition coefficient (Wildman–Crippen LogP) is 3.22. The minimum absolute atomic E-state index is 0.0351. The number of para-hydroxylation sites is 1. The molecule has 0 radical (unpaired) electrons. The molecule has 0 atom stereocenters. The van der Waals surface area contributed by atoms with Crippen molar-refractivity contribution in [2.24, 2.45) is 0 Å². The summed E-state index contributed by atoms with van der Waals surface area (Å²) in [5.74, 6) is -2.28. The zero-order valence-corrected chi connectivity index (χ0v) is 12.2. The first-order valence-electron chi connectivity index (χ1n) is 6.72. The number of rotatable bonds is 6. The highest BCUT2D eigenvalue weighted by molar-refractivity contribution is 5.95. The van der Waals surface area contributed by atoms with Gasteiger partial charge >= 0.3 is 12.6 Å². The summed E-state index contributed by atoms with van der Waals surface area (Å²) in [5.41, 5.74) is 0.0161. The molecule has 5 nitrogen and oxygen atoms in total. The van der Waals surface area contributed by atoms with E-state index in [1.165, 1.54) is 48.5 Å². The lowest BCUT2D eigenvalue weighted by atomic mass is 10.2. The Morgan fingerprint density at radius 3 is 2.33 bits per heavy atom. The number of anilines is 1. The van der Waals surface area contributed by atoms with Gasteiger partial charge in [-0.1, -0.05) is 12.1 Å². The SMILES string of the molecule is O=C(COC(=O)c1ccc(OC(F)F)cc1)Nc1ccccc1F. The number of hydrogen-bond donors (Lipinski definition) is 1. The van der Waals surface area contributed by atoms with Crippen LogP contribution < -0.4 is 10.1 Å². The maximum absolute atomic E-state index is 13.4. The molecule has 24 heavy (non-hydrogen) atoms. The fourth-order valence-electron chi connectivity index (χ4n) is 1.74. The number of nitrogens with one attached hydrogen (secondary N) is 1. The van der Waals surface area contributed by atoms with E-state index in [1.54, 1.807) is 0 Å². The monoisotopic (exact) mass is 339 g/mol. The van der Waals surface area contributed by atoms with Crippen molar-refractivity contribution in [3.05, 3.63) is 59.9 Å². The second-order valence-electron chi connectivity index (χ2n) is 4.51. The molecule has 0 spiro atoms. The highest BCUT2D eigenvalue weighted by atomic mass is 19.3. The number of amides is 1. The molecular weight excluding hydrogens is 327 g/mol. The molecule has 0 heterocycles. The quantitative estimate of drug-likeness (QED) is 0.821. The Kier molecular flexibility index (Phi) is 5.78. The Hall–Kier alpha value is -3.03. The summed E-state index contributed by atoms with van der Waals surface area (Å²) in [6.07, 6.45) is 0. The van der Waals surface area contributed by atoms with Crippen LogP contribution in [0.5, 0.6) is 5.75 Å². The molecule has 0 saturated heterocycles. The van der Waals surface area contributed by atoms with Crippen LogP contribution in [0.25, 0.3) is 0 Å². The molecule has 0 fully saturated rings. The Balaban J connectivity index is 1.86. The standard InChI is InChI=1S/C16H12F3NO4/c17-12-3-1-2-4-13(12)20-14(21)9-23-15(22)10-5-7-11(8-6-10)24-16(18)19/h1-8,16H,9H2,(H,20,21). The van der Waals surface area contributed by atoms with Crippen molar-refractivity contribution in [2.75, 3.05) is 11.9 Å². The highest BCUT2D eigenvalue weighted by Crippen LogP contribution is 2.16. The van der Waals surface area contributed by atoms with Crippen LogP contribution in [0.15, 0.2) is 48.5 Å². The molecule has 1 amide bonds. The first-order valence-corrected chi connectivity index (χ1v) is 6.72. The molecule has 2 aromatic carbocycles. The van der Waals surface area contributed by atoms with Gasteiger partial charge in [-0.3, -0.25) is 4.79 Å². The molecule has 0 bridgehead atoms. The van der Waals surface area contributed by atoms with E-state index in [2.05, 4.69) is 10.1 Å². The number of halogens is 3. The number of carbonyl (C=O) groups excluding carboxylic acids is 2. The maximum atomic E-state index is 13.4. The molecule has 0 aromatic heterocycles. The van der Waals surface area contributed by atoms with Gasteiger partial charge in [-0.05, 0) is 36.4 Å². The number of alkyl halides is 2. The molecular formula is C16H12F3NO4. The predicted molar refractivity (Wildman–Crippen MR) is 78.4 cm³/mol. The molecule has 0 aliphatic rings. The van der Waals surface area contributed by atoms with E-state index in [4.69, 9.17) is 4.74 Å². The second kappa shape index (κ2) is 8.00. The minimum Gasteiger partial charge on any atom is -0.452 e. The van der Waals surface area contributed by atoms with Crippen molar-refractivity contribution in [3.63, 3.8) is 0 Å². The molecule has 1 N–H and O–H groups in total. The zero-order chi connectivity index (χ0) is 17.5. The van der Waals surface area contributed by atoms with Gasteiger partial charge < -0.3 is 14.8 Å². The summed E-state index contributed by atoms with van der Waals surface area (Å²) >= 11 is 0. The number of carbonyl (C=O) groups is 2. The van der Waals surface area contributed by atoms with Gasteiger partial charge in [-0.2, -0.15) is 8.78 Å². The van der Waals surface area contributed by atoms with Crippen molar-refractivity contribution < 1.29 is 32.2 Å². The van der Waals surface area contributed by atoms with E-state index in [0.717, 1.165) is 0 Å². The molecule has 2 aromatic rings. The zero-order valence-electron chi connectivity index (χ0n) is 12.2. The van der Waals surface area contributed by atoms with Gasteiger partial charge in [0, 0.05) is 0 Å². The lowest BCUT2D eigenvalue weighted by Crippen LogP contribution is -2.21. The molecule has 0 aliphatic carbocycles. The number of ether oxygens (including phenoxy) is 2. The smallest absolute Gasteiger partial charge is 0.387 e. The Morgan fingerprint density at radius 2 is 1.71 bits per heavy atom. The van der Waals surface area contributed by atoms with Crippen molar-refractivity contribution >= 4 is 17.6 Å². The van der Waals surface area contributed by atoms with Gasteiger partial charge in [-0.25, -0.2) is 9.18 Å². The Bertz CT molecular complexity index is 720. The minimum atomic E-state index is -2.97. The molecule has 0 saturated carbocycles. The van der Waals surface area contributed by atoms with Crippen LogP contribution in [0.3, 0.4) is 0 Å². The topological polar surface area (TPSA) is 64.6 Å². The normalized spacial score (nSPS) is 10.3. The summed E-state index contributed by atoms with van der Waals surface area (Å²) in [6, 6.07) is 10.3. The summed E-state index contributed by atoms with van der Waals surface area (Å²) < 4.78 is 46.3. The lowest BCUT2D eigenvalue weighted by Gasteiger charge is -2.08. The van der Waals surface area contributed by atoms with Crippen LogP contribution in [0.1, 0.15) is 10.4 Å². The summed E-state index contributed by atoms with van der Waals surface area (Å²) in [4.78, 5) is 23.4. The summed E-state index contributed by atoms with van der Waals surface area (Å²) in [5, 5.41) is 2.25. The average molecular weight is 339 g/mol. The molecule has 2 rings (SSSR count). The van der Waals surface area contributed by atoms with Crippen molar-refractivity contribution in [1.29, 1.82) is 0 Å². The fraction of sp³-hybridized carbons (Fsp3) is 0.125. The summed E-state index contributed by atoms with van der Waals surface area (Å²) in [7, 11) is 0. The molecule has 126 valence electrons. The number of benzene rings is 2. The summed E-state index contributed by atoms with van der Waals surface area (Å²) in [6.45, 7) is -3.59. The van der Waals surface area contributed by atoms with Crippen molar-refractivity contribution in [1.82, 2.24) is 0 Å². The van der Waals surface area contributed by atoms with Gasteiger partial charge in [0.15, 0.2) is 6.61 Å². The van der Waals surface area contributed by atoms with Gasteiger partial charge in [-0.15, -0.1) is 0 Å². The third kappa shape index (κ3) is 5.01. The first kappa shape index (κ1) is 17.3. The Morgan fingerprint density at radius 1 is 1.04 bits per heavy atom. The largest absolute Gasteiger partial charge is 0.452 e. The van der Waals surface area contributed by atoms with E-state index in [0.29, 0.717) is 0 Å². The van der Waals surface area contributed by atoms with E-state index >= 15 is 0 Å². The van der Waals surface area contributed by atoms with Crippen LogP contribution >= 0.6 is 0 Å². The van der Waals surface area contributed by atoms with E-state index in [9.17, 15) is 22.8 Å². The second-order valence-corrected chi connectivity index (χ2v) is 4.51. The van der Waals surface area contributed by atoms with E-state index in [-0.39, 0.29) is 17.0 Å². The van der Waals surface area contributed by atoms with Crippen LogP contribution in [-0.2, 0) is 9.53 Å². The number of hydrogen-bond acceptors (Lipinski definition) is 4. The van der Waals surface area contributed by atoms with Gasteiger partial charge in [0.05, 0.1) is 11.3 Å². The van der Waals surface area contributed by atoms with Crippen LogP contribution in [0, 0.1) is 5.82 Å². The molecule has 0 aliphatic heterocycles. The van der Waals surface area contributed by atoms with Crippen LogP contribution in [-0.4, -0.2) is 25.1 Å². The van der Waals surface area contributed by atoms with Gasteiger partial charge in [0.1, 0.15) is 11.6 Å². The lowest BCUT2D eigenvalue weighted by molar-refractivity contribution is -0.119. The highest BCUT2D eigenvalue weighted by Gasteiger charge is 2.12. The third-order valence-corrected chi connectivity index (χ3v) is 2.80. The molecule has 8 heteroatoms. The van der Waals surface area contributed by atoms with Crippen LogP contribution in [0.4, 0.5) is 18.9 Å². The first-order chi connectivity index (χ1) is 11.5. The van der Waals surface area contributed by atoms with Gasteiger partial charge in [0.25, 0.3) is 5.91 Å². The van der Waals surface area contributed by atoms with E-state index < -0.39 is 30.9 Å². The van der Waals surface area contributed by atoms with Crippen LogP contribution in [0.2, 0.25) is 0 Å². The van der Waals surface area contributed by atoms with Crippen molar-refractivity contribution in [3.8, 4) is 5.75 Å². The van der Waals surface area contributed by atoms with Gasteiger partial charge in [0.2, 0.25) is 0 Å². The Labute approximate surface area is 135 Å². The third-order valence-electron chi connectivity index (χ3n) is 2.80. The molecule has 0 unspecified atom stereocenters. The van der Waals surface area contributed by atoms with Crippen molar-refractivity contribution in [2.45, 2.75) is 6.61 Å². The number of esters is 1. The average Bonchev–Trinajstić information content (AvgIpc) is 2.55. The fourth-order valence-corrected chi connectivity index (χ4v) is 1.74.